The summed E-state index contributed by atoms with van der Waals surface area (Å²) in [6.45, 7) is 2.43. The first-order valence-electron chi connectivity index (χ1n) is 6.18. The number of imidazole rings is 1. The summed E-state index contributed by atoms with van der Waals surface area (Å²) < 4.78 is 16.7. The van der Waals surface area contributed by atoms with Crippen LogP contribution in [0.1, 0.15) is 23.0 Å². The van der Waals surface area contributed by atoms with Crippen LogP contribution < -0.4 is 0 Å². The van der Waals surface area contributed by atoms with Gasteiger partial charge in [-0.1, -0.05) is 11.6 Å². The van der Waals surface area contributed by atoms with Gasteiger partial charge in [0.2, 0.25) is 0 Å². The van der Waals surface area contributed by atoms with Crippen LogP contribution in [0.15, 0.2) is 28.1 Å². The largest absolute Gasteiger partial charge is 0.321 e. The molecule has 0 fully saturated rings. The number of rotatable bonds is 3. The third-order valence-electron chi connectivity index (χ3n) is 3.17. The summed E-state index contributed by atoms with van der Waals surface area (Å²) in [6.07, 6.45) is 0. The molecule has 7 heteroatoms. The zero-order valence-corrected chi connectivity index (χ0v) is 14.8. The molecule has 0 radical (unpaired) electrons. The Morgan fingerprint density at radius 3 is 2.86 bits per heavy atom. The summed E-state index contributed by atoms with van der Waals surface area (Å²) in [4.78, 5) is 5.62. The highest BCUT2D eigenvalue weighted by molar-refractivity contribution is 9.10. The van der Waals surface area contributed by atoms with E-state index >= 15 is 0 Å². The van der Waals surface area contributed by atoms with Crippen molar-refractivity contribution in [3.8, 4) is 0 Å². The second kappa shape index (κ2) is 5.88. The number of hydrogen-bond acceptors (Lipinski definition) is 2. The normalized spacial score (nSPS) is 13.0. The molecule has 0 spiro atoms. The van der Waals surface area contributed by atoms with Crippen LogP contribution in [0.2, 0.25) is 5.02 Å². The molecule has 0 aliphatic carbocycles. The van der Waals surface area contributed by atoms with Gasteiger partial charge in [-0.3, -0.25) is 0 Å². The molecule has 0 amide bonds. The number of alkyl halides is 1. The van der Waals surface area contributed by atoms with E-state index in [-0.39, 0.29) is 10.4 Å². The molecule has 2 nitrogen and oxygen atoms in total. The molecule has 110 valence electrons. The molecule has 2 heterocycles. The second-order valence-corrected chi connectivity index (χ2v) is 7.54. The van der Waals surface area contributed by atoms with Crippen LogP contribution >= 0.6 is 50.5 Å². The fourth-order valence-electron chi connectivity index (χ4n) is 2.19. The molecule has 1 atom stereocenters. The van der Waals surface area contributed by atoms with Crippen molar-refractivity contribution < 1.29 is 4.39 Å². The highest BCUT2D eigenvalue weighted by Crippen LogP contribution is 2.31. The van der Waals surface area contributed by atoms with Crippen LogP contribution in [0.4, 0.5) is 4.39 Å². The van der Waals surface area contributed by atoms with Gasteiger partial charge in [-0.15, -0.1) is 22.9 Å². The van der Waals surface area contributed by atoms with E-state index in [9.17, 15) is 4.39 Å². The van der Waals surface area contributed by atoms with Crippen LogP contribution in [0, 0.1) is 5.82 Å². The Balaban J connectivity index is 2.20. The number of nitrogens with zero attached hydrogens (tertiary/aromatic N) is 2. The minimum atomic E-state index is -0.454. The molecule has 0 N–H and O–H groups in total. The quantitative estimate of drug-likeness (QED) is 0.486. The molecule has 0 saturated heterocycles. The molecule has 3 aromatic rings. The van der Waals surface area contributed by atoms with Gasteiger partial charge in [-0.25, -0.2) is 9.37 Å². The lowest BCUT2D eigenvalue weighted by Gasteiger charge is -2.10. The number of fused-ring (bicyclic) bond motifs is 1. The van der Waals surface area contributed by atoms with Gasteiger partial charge in [-0.2, -0.15) is 0 Å². The van der Waals surface area contributed by atoms with E-state index in [1.54, 1.807) is 11.3 Å². The highest BCUT2D eigenvalue weighted by atomic mass is 79.9. The average Bonchev–Trinajstić information content (AvgIpc) is 2.97. The van der Waals surface area contributed by atoms with E-state index in [1.807, 2.05) is 22.9 Å². The number of hydrogen-bond donors (Lipinski definition) is 0. The lowest BCUT2D eigenvalue weighted by Crippen LogP contribution is -2.05. The van der Waals surface area contributed by atoms with Crippen molar-refractivity contribution in [2.45, 2.75) is 18.8 Å². The molecule has 21 heavy (non-hydrogen) atoms. The first kappa shape index (κ1) is 15.3. The molecule has 0 aliphatic heterocycles. The fourth-order valence-corrected chi connectivity index (χ4v) is 3.98. The van der Waals surface area contributed by atoms with E-state index in [0.717, 1.165) is 9.35 Å². The Morgan fingerprint density at radius 1 is 1.48 bits per heavy atom. The van der Waals surface area contributed by atoms with Gasteiger partial charge in [-0.05, 0) is 40.4 Å². The number of halogens is 4. The van der Waals surface area contributed by atoms with Crippen molar-refractivity contribution in [1.29, 1.82) is 0 Å². The summed E-state index contributed by atoms with van der Waals surface area (Å²) in [6, 6.07) is 4.93. The van der Waals surface area contributed by atoms with Crippen molar-refractivity contribution in [3.63, 3.8) is 0 Å². The monoisotopic (exact) mass is 406 g/mol. The lowest BCUT2D eigenvalue weighted by molar-refractivity contribution is 0.628. The third kappa shape index (κ3) is 2.84. The van der Waals surface area contributed by atoms with Gasteiger partial charge < -0.3 is 4.57 Å². The van der Waals surface area contributed by atoms with Crippen LogP contribution in [-0.2, 0) is 6.54 Å². The highest BCUT2D eigenvalue weighted by Gasteiger charge is 2.18. The Kier molecular flexibility index (Phi) is 4.28. The number of thiophene rings is 1. The van der Waals surface area contributed by atoms with Crippen molar-refractivity contribution in [3.05, 3.63) is 49.6 Å². The van der Waals surface area contributed by atoms with Gasteiger partial charge in [0.25, 0.3) is 0 Å². The molecular weight excluding hydrogens is 398 g/mol. The molecule has 2 aromatic heterocycles. The van der Waals surface area contributed by atoms with Crippen molar-refractivity contribution in [2.24, 2.45) is 0 Å². The SMILES string of the molecule is CC(Cl)c1nc2cc(Cl)c(F)cc2n1Cc1sccc1Br. The first-order chi connectivity index (χ1) is 9.97. The molecule has 3 rings (SSSR count). The zero-order chi connectivity index (χ0) is 15.1. The molecule has 0 saturated carbocycles. The van der Waals surface area contributed by atoms with Crippen molar-refractivity contribution >= 4 is 61.5 Å². The van der Waals surface area contributed by atoms with Gasteiger partial charge >= 0.3 is 0 Å². The van der Waals surface area contributed by atoms with E-state index < -0.39 is 5.82 Å². The maximum atomic E-state index is 13.8. The summed E-state index contributed by atoms with van der Waals surface area (Å²) in [5, 5.41) is 1.79. The first-order valence-corrected chi connectivity index (χ1v) is 8.67. The fraction of sp³-hybridized carbons (Fsp3) is 0.214. The summed E-state index contributed by atoms with van der Waals surface area (Å²) in [5.74, 6) is 0.248. The zero-order valence-electron chi connectivity index (χ0n) is 10.9. The van der Waals surface area contributed by atoms with Gasteiger partial charge in [0, 0.05) is 15.4 Å². The molecule has 0 aliphatic rings. The minimum Gasteiger partial charge on any atom is -0.321 e. The predicted molar refractivity (Wildman–Crippen MR) is 90.1 cm³/mol. The van der Waals surface area contributed by atoms with Crippen LogP contribution in [-0.4, -0.2) is 9.55 Å². The Hall–Kier alpha value is -0.620. The summed E-state index contributed by atoms with van der Waals surface area (Å²) in [7, 11) is 0. The minimum absolute atomic E-state index is 0.0678. The smallest absolute Gasteiger partial charge is 0.144 e. The summed E-state index contributed by atoms with van der Waals surface area (Å²) >= 11 is 17.2. The maximum Gasteiger partial charge on any atom is 0.144 e. The maximum absolute atomic E-state index is 13.8. The lowest BCUT2D eigenvalue weighted by atomic mass is 10.3. The van der Waals surface area contributed by atoms with Gasteiger partial charge in [0.1, 0.15) is 11.6 Å². The Labute approximate surface area is 143 Å². The topological polar surface area (TPSA) is 17.8 Å². The van der Waals surface area contributed by atoms with Crippen LogP contribution in [0.5, 0.6) is 0 Å². The molecule has 1 unspecified atom stereocenters. The van der Waals surface area contributed by atoms with Crippen LogP contribution in [0.3, 0.4) is 0 Å². The van der Waals surface area contributed by atoms with Gasteiger partial charge in [0.15, 0.2) is 0 Å². The molecule has 0 bridgehead atoms. The van der Waals surface area contributed by atoms with Crippen molar-refractivity contribution in [2.75, 3.05) is 0 Å². The number of benzene rings is 1. The Bertz CT molecular complexity index is 813. The average molecular weight is 408 g/mol. The van der Waals surface area contributed by atoms with Gasteiger partial charge in [0.05, 0.1) is 28.0 Å². The Morgan fingerprint density at radius 2 is 2.24 bits per heavy atom. The summed E-state index contributed by atoms with van der Waals surface area (Å²) in [5.41, 5.74) is 1.34. The standard InChI is InChI=1S/C14H10BrCl2FN2S/c1-7(16)14-19-11-4-9(17)10(18)5-12(11)20(14)6-13-8(15)2-3-21-13/h2-5,7H,6H2,1H3. The van der Waals surface area contributed by atoms with E-state index in [4.69, 9.17) is 23.2 Å². The predicted octanol–water partition coefficient (Wildman–Crippen LogP) is 6.00. The molecular formula is C14H10BrCl2FN2S. The van der Waals surface area contributed by atoms with E-state index in [2.05, 4.69) is 20.9 Å². The van der Waals surface area contributed by atoms with Crippen molar-refractivity contribution in [1.82, 2.24) is 9.55 Å². The van der Waals surface area contributed by atoms with E-state index in [0.29, 0.717) is 23.4 Å². The number of aromatic nitrogens is 2. The van der Waals surface area contributed by atoms with E-state index in [1.165, 1.54) is 12.1 Å². The third-order valence-corrected chi connectivity index (χ3v) is 5.56. The second-order valence-electron chi connectivity index (χ2n) is 4.62. The molecule has 1 aromatic carbocycles. The van der Waals surface area contributed by atoms with Crippen LogP contribution in [0.25, 0.3) is 11.0 Å².